The Bertz CT molecular complexity index is 563. The third-order valence-corrected chi connectivity index (χ3v) is 3.30. The van der Waals surface area contributed by atoms with Crippen molar-refractivity contribution in [1.29, 1.82) is 0 Å². The van der Waals surface area contributed by atoms with E-state index in [0.29, 0.717) is 5.75 Å². The summed E-state index contributed by atoms with van der Waals surface area (Å²) in [5, 5.41) is 11.4. The largest absolute Gasteiger partial charge is 0.624 e. The van der Waals surface area contributed by atoms with Crippen molar-refractivity contribution in [3.63, 3.8) is 0 Å². The molecule has 22 heavy (non-hydrogen) atoms. The van der Waals surface area contributed by atoms with Crippen LogP contribution < -0.4 is 4.74 Å². The Kier molecular flexibility index (Phi) is 5.06. The van der Waals surface area contributed by atoms with Gasteiger partial charge in [0.05, 0.1) is 0 Å². The maximum Gasteiger partial charge on any atom is 0.308 e. The van der Waals surface area contributed by atoms with Gasteiger partial charge in [0.15, 0.2) is 6.21 Å². The Hall–Kier alpha value is -1.84. The summed E-state index contributed by atoms with van der Waals surface area (Å²) < 4.78 is 6.32. The zero-order valence-electron chi connectivity index (χ0n) is 14.9. The molecule has 1 aromatic rings. The topological polar surface area (TPSA) is 52.4 Å². The number of nitrogens with zero attached hydrogens (tertiary/aromatic N) is 1. The Labute approximate surface area is 133 Å². The fourth-order valence-corrected chi connectivity index (χ4v) is 2.30. The standard InChI is InChI=1S/C18H27NO3/c1-12(20)22-16-14(17(2,3)4)9-13(11-19(8)21)10-15(16)18(5,6)7/h9-11H,1-8H3. The lowest BCUT2D eigenvalue weighted by atomic mass is 9.78. The second-order valence-corrected chi connectivity index (χ2v) is 7.71. The first kappa shape index (κ1) is 18.2. The smallest absolute Gasteiger partial charge is 0.308 e. The molecule has 1 aromatic carbocycles. The van der Waals surface area contributed by atoms with Crippen molar-refractivity contribution in [1.82, 2.24) is 0 Å². The lowest BCUT2D eigenvalue weighted by Gasteiger charge is -2.29. The molecule has 4 heteroatoms. The van der Waals surface area contributed by atoms with Crippen LogP contribution >= 0.6 is 0 Å². The van der Waals surface area contributed by atoms with Crippen LogP contribution in [-0.2, 0) is 15.6 Å². The molecular weight excluding hydrogens is 278 g/mol. The molecule has 0 atom stereocenters. The van der Waals surface area contributed by atoms with Crippen molar-refractivity contribution >= 4 is 12.2 Å². The fraction of sp³-hybridized carbons (Fsp3) is 0.556. The average Bonchev–Trinajstić information content (AvgIpc) is 2.26. The predicted octanol–water partition coefficient (Wildman–Crippen LogP) is 3.77. The summed E-state index contributed by atoms with van der Waals surface area (Å²) in [6.07, 6.45) is 1.53. The van der Waals surface area contributed by atoms with Crippen molar-refractivity contribution in [2.75, 3.05) is 7.05 Å². The number of hydrogen-bond donors (Lipinski definition) is 0. The first-order valence-electron chi connectivity index (χ1n) is 7.44. The summed E-state index contributed by atoms with van der Waals surface area (Å²) in [6.45, 7) is 13.8. The van der Waals surface area contributed by atoms with E-state index in [2.05, 4.69) is 41.5 Å². The van der Waals surface area contributed by atoms with Crippen LogP contribution in [0.15, 0.2) is 12.1 Å². The molecule has 1 rings (SSSR count). The van der Waals surface area contributed by atoms with Crippen LogP contribution in [0.1, 0.15) is 65.2 Å². The maximum atomic E-state index is 11.5. The summed E-state index contributed by atoms with van der Waals surface area (Å²) in [4.78, 5) is 11.5. The Morgan fingerprint density at radius 3 is 1.77 bits per heavy atom. The number of ether oxygens (including phenoxy) is 1. The fourth-order valence-electron chi connectivity index (χ4n) is 2.30. The molecule has 0 saturated carbocycles. The van der Waals surface area contributed by atoms with Gasteiger partial charge in [-0.15, -0.1) is 0 Å². The number of hydrogen-bond acceptors (Lipinski definition) is 3. The van der Waals surface area contributed by atoms with Crippen molar-refractivity contribution in [3.05, 3.63) is 34.0 Å². The summed E-state index contributed by atoms with van der Waals surface area (Å²) in [5.74, 6) is 0.270. The molecule has 0 radical (unpaired) electrons. The highest BCUT2D eigenvalue weighted by Crippen LogP contribution is 2.40. The summed E-state index contributed by atoms with van der Waals surface area (Å²) in [5.41, 5.74) is 2.22. The molecule has 0 aliphatic rings. The Balaban J connectivity index is 3.77. The summed E-state index contributed by atoms with van der Waals surface area (Å²) in [6, 6.07) is 3.84. The van der Waals surface area contributed by atoms with E-state index in [9.17, 15) is 10.0 Å². The number of esters is 1. The van der Waals surface area contributed by atoms with Gasteiger partial charge in [-0.1, -0.05) is 41.5 Å². The number of carbonyl (C=O) groups is 1. The predicted molar refractivity (Wildman–Crippen MR) is 89.9 cm³/mol. The van der Waals surface area contributed by atoms with Gasteiger partial charge < -0.3 is 9.94 Å². The van der Waals surface area contributed by atoms with Crippen molar-refractivity contribution < 1.29 is 14.3 Å². The molecule has 0 aliphatic carbocycles. The van der Waals surface area contributed by atoms with Gasteiger partial charge in [-0.2, -0.15) is 0 Å². The van der Waals surface area contributed by atoms with E-state index in [4.69, 9.17) is 4.74 Å². The number of carbonyl (C=O) groups excluding carboxylic acids is 1. The molecule has 0 saturated heterocycles. The van der Waals surface area contributed by atoms with Gasteiger partial charge >= 0.3 is 5.97 Å². The monoisotopic (exact) mass is 305 g/mol. The minimum absolute atomic E-state index is 0.212. The van der Waals surface area contributed by atoms with E-state index in [1.807, 2.05) is 12.1 Å². The zero-order chi connectivity index (χ0) is 17.3. The third-order valence-electron chi connectivity index (χ3n) is 3.30. The minimum Gasteiger partial charge on any atom is -0.624 e. The molecule has 122 valence electrons. The molecule has 0 unspecified atom stereocenters. The Morgan fingerprint density at radius 1 is 1.09 bits per heavy atom. The van der Waals surface area contributed by atoms with E-state index in [0.717, 1.165) is 21.4 Å². The van der Waals surface area contributed by atoms with Gasteiger partial charge in [-0.25, -0.2) is 4.74 Å². The molecule has 0 bridgehead atoms. The molecular formula is C18H27NO3. The van der Waals surface area contributed by atoms with E-state index in [-0.39, 0.29) is 16.8 Å². The van der Waals surface area contributed by atoms with Gasteiger partial charge in [0.2, 0.25) is 0 Å². The van der Waals surface area contributed by atoms with Crippen LogP contribution in [-0.4, -0.2) is 24.0 Å². The molecule has 0 N–H and O–H groups in total. The molecule has 0 spiro atoms. The first-order valence-corrected chi connectivity index (χ1v) is 7.44. The highest BCUT2D eigenvalue weighted by atomic mass is 16.5. The second kappa shape index (κ2) is 6.11. The van der Waals surface area contributed by atoms with Crippen LogP contribution in [0, 0.1) is 5.21 Å². The first-order chi connectivity index (χ1) is 9.82. The normalized spacial score (nSPS) is 13.2. The van der Waals surface area contributed by atoms with Crippen molar-refractivity contribution in [2.45, 2.75) is 59.3 Å². The van der Waals surface area contributed by atoms with Crippen LogP contribution in [0.25, 0.3) is 0 Å². The lowest BCUT2D eigenvalue weighted by molar-refractivity contribution is -0.416. The molecule has 0 aliphatic heterocycles. The summed E-state index contributed by atoms with van der Waals surface area (Å²) in [7, 11) is 1.45. The highest BCUT2D eigenvalue weighted by molar-refractivity contribution is 5.79. The van der Waals surface area contributed by atoms with Gasteiger partial charge in [0, 0.05) is 23.6 Å². The second-order valence-electron chi connectivity index (χ2n) is 7.71. The quantitative estimate of drug-likeness (QED) is 0.209. The maximum absolute atomic E-state index is 11.5. The Morgan fingerprint density at radius 2 is 1.50 bits per heavy atom. The number of benzene rings is 1. The van der Waals surface area contributed by atoms with E-state index in [1.165, 1.54) is 20.2 Å². The van der Waals surface area contributed by atoms with Gasteiger partial charge in [0.1, 0.15) is 12.8 Å². The van der Waals surface area contributed by atoms with Gasteiger partial charge in [-0.3, -0.25) is 4.79 Å². The van der Waals surface area contributed by atoms with Crippen molar-refractivity contribution in [2.24, 2.45) is 0 Å². The van der Waals surface area contributed by atoms with Gasteiger partial charge in [0.25, 0.3) is 0 Å². The SMILES string of the molecule is CC(=O)Oc1c(C(C)(C)C)cc(C=[N+](C)[O-])cc1C(C)(C)C. The van der Waals surface area contributed by atoms with Crippen LogP contribution in [0.5, 0.6) is 5.75 Å². The van der Waals surface area contributed by atoms with Gasteiger partial charge in [-0.05, 0) is 23.0 Å². The molecule has 0 fully saturated rings. The zero-order valence-corrected chi connectivity index (χ0v) is 14.9. The van der Waals surface area contributed by atoms with Crippen LogP contribution in [0.3, 0.4) is 0 Å². The van der Waals surface area contributed by atoms with Crippen LogP contribution in [0.2, 0.25) is 0 Å². The third kappa shape index (κ3) is 4.58. The average molecular weight is 305 g/mol. The number of rotatable bonds is 2. The molecule has 0 heterocycles. The molecule has 4 nitrogen and oxygen atoms in total. The molecule has 0 aromatic heterocycles. The van der Waals surface area contributed by atoms with E-state index >= 15 is 0 Å². The molecule has 0 amide bonds. The highest BCUT2D eigenvalue weighted by Gasteiger charge is 2.28. The van der Waals surface area contributed by atoms with Crippen LogP contribution in [0.4, 0.5) is 0 Å². The minimum atomic E-state index is -0.339. The van der Waals surface area contributed by atoms with Crippen molar-refractivity contribution in [3.8, 4) is 5.75 Å². The number of hydroxylamine groups is 1. The lowest BCUT2D eigenvalue weighted by Crippen LogP contribution is -2.22. The summed E-state index contributed by atoms with van der Waals surface area (Å²) >= 11 is 0. The van der Waals surface area contributed by atoms with E-state index < -0.39 is 0 Å². The van der Waals surface area contributed by atoms with E-state index in [1.54, 1.807) is 0 Å².